The second-order valence-electron chi connectivity index (χ2n) is 4.86. The van der Waals surface area contributed by atoms with Crippen LogP contribution in [0.15, 0.2) is 48.5 Å². The van der Waals surface area contributed by atoms with Gasteiger partial charge in [-0.25, -0.2) is 9.18 Å². The van der Waals surface area contributed by atoms with Gasteiger partial charge in [-0.1, -0.05) is 30.3 Å². The van der Waals surface area contributed by atoms with E-state index in [1.165, 1.54) is 19.3 Å². The van der Waals surface area contributed by atoms with Crippen molar-refractivity contribution in [3.05, 3.63) is 65.5 Å². The summed E-state index contributed by atoms with van der Waals surface area (Å²) < 4.78 is 18.7. The SMILES string of the molecule is COC(=O)/C=C(\C)c1ccc(F)c(-c2ccccc2C)c1. The van der Waals surface area contributed by atoms with E-state index in [0.717, 1.165) is 22.3 Å². The number of carbonyl (C=O) groups excluding carboxylic acids is 1. The Bertz CT molecular complexity index is 702. The van der Waals surface area contributed by atoms with Crippen molar-refractivity contribution in [2.75, 3.05) is 7.11 Å². The Balaban J connectivity index is 2.50. The maximum atomic E-state index is 14.1. The standard InChI is InChI=1S/C18H17FO2/c1-12-6-4-5-7-15(12)16-11-14(8-9-17(16)19)13(2)10-18(20)21-3/h4-11H,1-3H3/b13-10+. The number of hydrogen-bond donors (Lipinski definition) is 0. The minimum Gasteiger partial charge on any atom is -0.466 e. The van der Waals surface area contributed by atoms with E-state index in [1.807, 2.05) is 31.2 Å². The molecular weight excluding hydrogens is 267 g/mol. The van der Waals surface area contributed by atoms with Crippen LogP contribution in [-0.2, 0) is 9.53 Å². The third-order valence-electron chi connectivity index (χ3n) is 3.39. The molecule has 0 aliphatic carbocycles. The first-order chi connectivity index (χ1) is 10.0. The zero-order valence-corrected chi connectivity index (χ0v) is 12.3. The molecule has 0 saturated carbocycles. The average molecular weight is 284 g/mol. The molecule has 2 rings (SSSR count). The van der Waals surface area contributed by atoms with Crippen molar-refractivity contribution < 1.29 is 13.9 Å². The number of methoxy groups -OCH3 is 1. The molecule has 0 saturated heterocycles. The van der Waals surface area contributed by atoms with Crippen molar-refractivity contribution in [1.29, 1.82) is 0 Å². The van der Waals surface area contributed by atoms with Gasteiger partial charge in [0.1, 0.15) is 5.82 Å². The Kier molecular flexibility index (Phi) is 4.53. The number of esters is 1. The zero-order chi connectivity index (χ0) is 15.4. The van der Waals surface area contributed by atoms with E-state index in [-0.39, 0.29) is 5.82 Å². The number of allylic oxidation sites excluding steroid dienone is 1. The van der Waals surface area contributed by atoms with Gasteiger partial charge in [0.15, 0.2) is 0 Å². The summed E-state index contributed by atoms with van der Waals surface area (Å²) in [6.45, 7) is 3.74. The molecule has 0 bridgehead atoms. The van der Waals surface area contributed by atoms with Crippen molar-refractivity contribution in [2.24, 2.45) is 0 Å². The van der Waals surface area contributed by atoms with E-state index in [1.54, 1.807) is 19.1 Å². The van der Waals surface area contributed by atoms with Crippen LogP contribution in [0, 0.1) is 12.7 Å². The van der Waals surface area contributed by atoms with Gasteiger partial charge in [-0.2, -0.15) is 0 Å². The molecular formula is C18H17FO2. The van der Waals surface area contributed by atoms with Crippen molar-refractivity contribution >= 4 is 11.5 Å². The molecule has 0 aliphatic heterocycles. The maximum absolute atomic E-state index is 14.1. The number of ether oxygens (including phenoxy) is 1. The smallest absolute Gasteiger partial charge is 0.330 e. The number of carbonyl (C=O) groups is 1. The summed E-state index contributed by atoms with van der Waals surface area (Å²) in [6, 6.07) is 12.5. The Morgan fingerprint density at radius 1 is 1.14 bits per heavy atom. The molecule has 21 heavy (non-hydrogen) atoms. The third kappa shape index (κ3) is 3.37. The van der Waals surface area contributed by atoms with E-state index in [9.17, 15) is 9.18 Å². The summed E-state index contributed by atoms with van der Waals surface area (Å²) in [5, 5.41) is 0. The van der Waals surface area contributed by atoms with Crippen LogP contribution in [0.1, 0.15) is 18.1 Å². The highest BCUT2D eigenvalue weighted by atomic mass is 19.1. The lowest BCUT2D eigenvalue weighted by atomic mass is 9.96. The summed E-state index contributed by atoms with van der Waals surface area (Å²) >= 11 is 0. The van der Waals surface area contributed by atoms with Crippen molar-refractivity contribution in [3.63, 3.8) is 0 Å². The van der Waals surface area contributed by atoms with Gasteiger partial charge in [-0.05, 0) is 48.2 Å². The van der Waals surface area contributed by atoms with Gasteiger partial charge in [0.2, 0.25) is 0 Å². The second kappa shape index (κ2) is 6.35. The largest absolute Gasteiger partial charge is 0.466 e. The Labute approximate surface area is 123 Å². The summed E-state index contributed by atoms with van der Waals surface area (Å²) in [4.78, 5) is 11.3. The van der Waals surface area contributed by atoms with Gasteiger partial charge in [-0.3, -0.25) is 0 Å². The molecule has 3 heteroatoms. The molecule has 0 unspecified atom stereocenters. The average Bonchev–Trinajstić information content (AvgIpc) is 2.48. The number of aryl methyl sites for hydroxylation is 1. The number of benzene rings is 2. The summed E-state index contributed by atoms with van der Waals surface area (Å²) in [7, 11) is 1.33. The quantitative estimate of drug-likeness (QED) is 0.617. The van der Waals surface area contributed by atoms with Crippen LogP contribution in [0.4, 0.5) is 4.39 Å². The van der Waals surface area contributed by atoms with Crippen LogP contribution in [-0.4, -0.2) is 13.1 Å². The van der Waals surface area contributed by atoms with Gasteiger partial charge in [0.25, 0.3) is 0 Å². The van der Waals surface area contributed by atoms with E-state index >= 15 is 0 Å². The zero-order valence-electron chi connectivity index (χ0n) is 12.3. The fourth-order valence-corrected chi connectivity index (χ4v) is 2.17. The van der Waals surface area contributed by atoms with Crippen LogP contribution in [0.25, 0.3) is 16.7 Å². The van der Waals surface area contributed by atoms with Gasteiger partial charge in [0, 0.05) is 11.6 Å². The molecule has 0 aliphatic rings. The maximum Gasteiger partial charge on any atom is 0.330 e. The van der Waals surface area contributed by atoms with Gasteiger partial charge in [-0.15, -0.1) is 0 Å². The summed E-state index contributed by atoms with van der Waals surface area (Å²) in [6.07, 6.45) is 1.40. The third-order valence-corrected chi connectivity index (χ3v) is 3.39. The Morgan fingerprint density at radius 2 is 1.86 bits per heavy atom. The topological polar surface area (TPSA) is 26.3 Å². The number of rotatable bonds is 3. The lowest BCUT2D eigenvalue weighted by Gasteiger charge is -2.10. The lowest BCUT2D eigenvalue weighted by molar-refractivity contribution is -0.134. The molecule has 108 valence electrons. The molecule has 2 aromatic rings. The number of halogens is 1. The highest BCUT2D eigenvalue weighted by molar-refractivity contribution is 5.91. The van der Waals surface area contributed by atoms with E-state index in [4.69, 9.17) is 0 Å². The summed E-state index contributed by atoms with van der Waals surface area (Å²) in [5.74, 6) is -0.701. The molecule has 0 fully saturated rings. The molecule has 2 aromatic carbocycles. The molecule has 2 nitrogen and oxygen atoms in total. The molecule has 0 N–H and O–H groups in total. The first-order valence-electron chi connectivity index (χ1n) is 6.65. The van der Waals surface area contributed by atoms with E-state index in [0.29, 0.717) is 5.56 Å². The lowest BCUT2D eigenvalue weighted by Crippen LogP contribution is -1.96. The van der Waals surface area contributed by atoms with Gasteiger partial charge < -0.3 is 4.74 Å². The highest BCUT2D eigenvalue weighted by Gasteiger charge is 2.10. The highest BCUT2D eigenvalue weighted by Crippen LogP contribution is 2.29. The van der Waals surface area contributed by atoms with Gasteiger partial charge >= 0.3 is 5.97 Å². The number of hydrogen-bond acceptors (Lipinski definition) is 2. The van der Waals surface area contributed by atoms with Crippen molar-refractivity contribution in [1.82, 2.24) is 0 Å². The van der Waals surface area contributed by atoms with Gasteiger partial charge in [0.05, 0.1) is 7.11 Å². The van der Waals surface area contributed by atoms with Crippen LogP contribution in [0.3, 0.4) is 0 Å². The van der Waals surface area contributed by atoms with E-state index in [2.05, 4.69) is 4.74 Å². The Morgan fingerprint density at radius 3 is 2.52 bits per heavy atom. The van der Waals surface area contributed by atoms with Crippen LogP contribution >= 0.6 is 0 Å². The molecule has 0 spiro atoms. The van der Waals surface area contributed by atoms with E-state index < -0.39 is 5.97 Å². The monoisotopic (exact) mass is 284 g/mol. The molecule has 0 heterocycles. The van der Waals surface area contributed by atoms with Crippen LogP contribution in [0.2, 0.25) is 0 Å². The minimum atomic E-state index is -0.422. The first-order valence-corrected chi connectivity index (χ1v) is 6.65. The van der Waals surface area contributed by atoms with Crippen molar-refractivity contribution in [2.45, 2.75) is 13.8 Å². The normalized spacial score (nSPS) is 11.3. The predicted octanol–water partition coefficient (Wildman–Crippen LogP) is 4.38. The molecule has 0 aromatic heterocycles. The minimum absolute atomic E-state index is 0.279. The fraction of sp³-hybridized carbons (Fsp3) is 0.167. The molecule has 0 amide bonds. The fourth-order valence-electron chi connectivity index (χ4n) is 2.17. The summed E-state index contributed by atoms with van der Waals surface area (Å²) in [5.41, 5.74) is 3.91. The molecule has 0 radical (unpaired) electrons. The second-order valence-corrected chi connectivity index (χ2v) is 4.86. The Hall–Kier alpha value is -2.42. The van der Waals surface area contributed by atoms with Crippen molar-refractivity contribution in [3.8, 4) is 11.1 Å². The molecule has 0 atom stereocenters. The van der Waals surface area contributed by atoms with Crippen LogP contribution in [0.5, 0.6) is 0 Å². The van der Waals surface area contributed by atoms with Crippen LogP contribution < -0.4 is 0 Å². The first kappa shape index (κ1) is 15.0. The predicted molar refractivity (Wildman–Crippen MR) is 82.2 cm³/mol.